The van der Waals surface area contributed by atoms with E-state index in [1.54, 1.807) is 19.1 Å². The van der Waals surface area contributed by atoms with E-state index in [0.29, 0.717) is 22.8 Å². The quantitative estimate of drug-likeness (QED) is 0.620. The SMILES string of the molecule is COc1cc(C(=O)NC(C)CC(=O)Nc2cccc(N3CCCC3)c2)cc(OC)c1OC. The van der Waals surface area contributed by atoms with Crippen molar-refractivity contribution >= 4 is 23.2 Å². The minimum Gasteiger partial charge on any atom is -0.493 e. The molecular weight excluding hydrogens is 410 g/mol. The Morgan fingerprint density at radius 3 is 2.25 bits per heavy atom. The number of methoxy groups -OCH3 is 3. The van der Waals surface area contributed by atoms with Crippen molar-refractivity contribution in [1.29, 1.82) is 0 Å². The molecule has 1 atom stereocenters. The summed E-state index contributed by atoms with van der Waals surface area (Å²) in [4.78, 5) is 27.6. The summed E-state index contributed by atoms with van der Waals surface area (Å²) in [5, 5.41) is 5.78. The molecule has 2 aromatic rings. The van der Waals surface area contributed by atoms with Crippen molar-refractivity contribution in [1.82, 2.24) is 5.32 Å². The monoisotopic (exact) mass is 441 g/mol. The Morgan fingerprint density at radius 1 is 1.00 bits per heavy atom. The van der Waals surface area contributed by atoms with Gasteiger partial charge in [0.1, 0.15) is 0 Å². The van der Waals surface area contributed by atoms with Gasteiger partial charge in [0.25, 0.3) is 5.91 Å². The molecular formula is C24H31N3O5. The van der Waals surface area contributed by atoms with Gasteiger partial charge in [-0.3, -0.25) is 9.59 Å². The van der Waals surface area contributed by atoms with Crippen LogP contribution in [0.25, 0.3) is 0 Å². The molecule has 1 fully saturated rings. The molecule has 0 bridgehead atoms. The highest BCUT2D eigenvalue weighted by Gasteiger charge is 2.19. The van der Waals surface area contributed by atoms with Crippen LogP contribution in [-0.2, 0) is 4.79 Å². The first-order chi connectivity index (χ1) is 15.4. The number of carbonyl (C=O) groups excluding carboxylic acids is 2. The summed E-state index contributed by atoms with van der Waals surface area (Å²) in [6, 6.07) is 10.6. The maximum absolute atomic E-state index is 12.7. The van der Waals surface area contributed by atoms with Crippen molar-refractivity contribution in [2.75, 3.05) is 44.6 Å². The lowest BCUT2D eigenvalue weighted by Gasteiger charge is -2.19. The molecule has 3 rings (SSSR count). The molecule has 0 radical (unpaired) electrons. The van der Waals surface area contributed by atoms with Crippen molar-refractivity contribution in [2.24, 2.45) is 0 Å². The summed E-state index contributed by atoms with van der Waals surface area (Å²) in [5.74, 6) is 0.692. The van der Waals surface area contributed by atoms with Gasteiger partial charge in [-0.15, -0.1) is 0 Å². The maximum Gasteiger partial charge on any atom is 0.251 e. The number of nitrogens with zero attached hydrogens (tertiary/aromatic N) is 1. The maximum atomic E-state index is 12.7. The van der Waals surface area contributed by atoms with Gasteiger partial charge in [-0.1, -0.05) is 6.07 Å². The van der Waals surface area contributed by atoms with Crippen LogP contribution in [0.15, 0.2) is 36.4 Å². The molecule has 1 aliphatic heterocycles. The molecule has 0 aliphatic carbocycles. The van der Waals surface area contributed by atoms with Crippen LogP contribution in [0.4, 0.5) is 11.4 Å². The zero-order chi connectivity index (χ0) is 23.1. The molecule has 8 nitrogen and oxygen atoms in total. The van der Waals surface area contributed by atoms with E-state index in [2.05, 4.69) is 21.6 Å². The Kier molecular flexibility index (Phi) is 7.81. The average molecular weight is 442 g/mol. The molecule has 0 spiro atoms. The third kappa shape index (κ3) is 5.63. The van der Waals surface area contributed by atoms with Gasteiger partial charge in [0, 0.05) is 42.5 Å². The largest absolute Gasteiger partial charge is 0.493 e. The lowest BCUT2D eigenvalue weighted by molar-refractivity contribution is -0.116. The van der Waals surface area contributed by atoms with Crippen molar-refractivity contribution in [2.45, 2.75) is 32.2 Å². The normalized spacial score (nSPS) is 13.9. The molecule has 0 aromatic heterocycles. The Morgan fingerprint density at radius 2 is 1.66 bits per heavy atom. The molecule has 32 heavy (non-hydrogen) atoms. The Balaban J connectivity index is 1.59. The Bertz CT molecular complexity index is 931. The fourth-order valence-corrected chi connectivity index (χ4v) is 3.82. The minimum absolute atomic E-state index is 0.143. The Hall–Kier alpha value is -3.42. The number of nitrogens with one attached hydrogen (secondary N) is 2. The predicted octanol–water partition coefficient (Wildman–Crippen LogP) is 3.46. The van der Waals surface area contributed by atoms with E-state index < -0.39 is 0 Å². The van der Waals surface area contributed by atoms with Crippen LogP contribution in [0.2, 0.25) is 0 Å². The first-order valence-corrected chi connectivity index (χ1v) is 10.7. The third-order valence-electron chi connectivity index (χ3n) is 5.40. The third-order valence-corrected chi connectivity index (χ3v) is 5.40. The van der Waals surface area contributed by atoms with E-state index in [-0.39, 0.29) is 24.3 Å². The van der Waals surface area contributed by atoms with E-state index in [4.69, 9.17) is 14.2 Å². The van der Waals surface area contributed by atoms with Crippen LogP contribution in [-0.4, -0.2) is 52.3 Å². The number of amides is 2. The molecule has 2 aromatic carbocycles. The second kappa shape index (κ2) is 10.7. The van der Waals surface area contributed by atoms with Crippen molar-refractivity contribution < 1.29 is 23.8 Å². The Labute approximate surface area is 188 Å². The molecule has 2 N–H and O–H groups in total. The number of benzene rings is 2. The summed E-state index contributed by atoms with van der Waals surface area (Å²) in [6.45, 7) is 3.87. The van der Waals surface area contributed by atoms with Gasteiger partial charge in [0.15, 0.2) is 11.5 Å². The number of ether oxygens (including phenoxy) is 3. The van der Waals surface area contributed by atoms with E-state index in [1.165, 1.54) is 34.2 Å². The van der Waals surface area contributed by atoms with Crippen LogP contribution in [0.1, 0.15) is 36.5 Å². The van der Waals surface area contributed by atoms with E-state index in [0.717, 1.165) is 24.5 Å². The smallest absolute Gasteiger partial charge is 0.251 e. The lowest BCUT2D eigenvalue weighted by Crippen LogP contribution is -2.35. The first kappa shape index (κ1) is 23.2. The van der Waals surface area contributed by atoms with Crippen LogP contribution >= 0.6 is 0 Å². The summed E-state index contributed by atoms with van der Waals surface area (Å²) < 4.78 is 15.9. The molecule has 1 unspecified atom stereocenters. The molecule has 1 heterocycles. The summed E-state index contributed by atoms with van der Waals surface area (Å²) >= 11 is 0. The lowest BCUT2D eigenvalue weighted by atomic mass is 10.1. The number of anilines is 2. The average Bonchev–Trinajstić information content (AvgIpc) is 3.33. The summed E-state index contributed by atoms with van der Waals surface area (Å²) in [7, 11) is 4.48. The topological polar surface area (TPSA) is 89.1 Å². The van der Waals surface area contributed by atoms with Crippen LogP contribution in [0.5, 0.6) is 17.2 Å². The molecule has 0 saturated carbocycles. The van der Waals surface area contributed by atoms with Gasteiger partial charge in [0.2, 0.25) is 11.7 Å². The van der Waals surface area contributed by atoms with Gasteiger partial charge in [-0.2, -0.15) is 0 Å². The molecule has 2 amide bonds. The fraction of sp³-hybridized carbons (Fsp3) is 0.417. The van der Waals surface area contributed by atoms with Crippen molar-refractivity contribution in [3.63, 3.8) is 0 Å². The second-order valence-electron chi connectivity index (χ2n) is 7.79. The number of rotatable bonds is 9. The molecule has 1 saturated heterocycles. The summed E-state index contributed by atoms with van der Waals surface area (Å²) in [5.41, 5.74) is 2.22. The number of carbonyl (C=O) groups is 2. The zero-order valence-electron chi connectivity index (χ0n) is 19.1. The van der Waals surface area contributed by atoms with Gasteiger partial charge in [-0.25, -0.2) is 0 Å². The summed E-state index contributed by atoms with van der Waals surface area (Å²) in [6.07, 6.45) is 2.53. The van der Waals surface area contributed by atoms with Gasteiger partial charge < -0.3 is 29.7 Å². The van der Waals surface area contributed by atoms with Crippen molar-refractivity contribution in [3.05, 3.63) is 42.0 Å². The first-order valence-electron chi connectivity index (χ1n) is 10.7. The van der Waals surface area contributed by atoms with E-state index in [9.17, 15) is 9.59 Å². The predicted molar refractivity (Wildman–Crippen MR) is 124 cm³/mol. The second-order valence-corrected chi connectivity index (χ2v) is 7.79. The van der Waals surface area contributed by atoms with Gasteiger partial charge in [0.05, 0.1) is 21.3 Å². The fourth-order valence-electron chi connectivity index (χ4n) is 3.82. The minimum atomic E-state index is -0.372. The highest BCUT2D eigenvalue weighted by atomic mass is 16.5. The number of hydrogen-bond donors (Lipinski definition) is 2. The molecule has 8 heteroatoms. The van der Waals surface area contributed by atoms with Gasteiger partial charge >= 0.3 is 0 Å². The zero-order valence-corrected chi connectivity index (χ0v) is 19.1. The van der Waals surface area contributed by atoms with Crippen molar-refractivity contribution in [3.8, 4) is 17.2 Å². The van der Waals surface area contributed by atoms with E-state index in [1.807, 2.05) is 18.2 Å². The highest BCUT2D eigenvalue weighted by molar-refractivity contribution is 5.97. The van der Waals surface area contributed by atoms with Crippen LogP contribution in [0, 0.1) is 0 Å². The number of hydrogen-bond acceptors (Lipinski definition) is 6. The van der Waals surface area contributed by atoms with E-state index >= 15 is 0 Å². The standard InChI is InChI=1S/C24H31N3O5/c1-16(25-24(29)17-13-20(30-2)23(32-4)21(14-17)31-3)12-22(28)26-18-8-7-9-19(15-18)27-10-5-6-11-27/h7-9,13-16H,5-6,10-12H2,1-4H3,(H,25,29)(H,26,28). The molecule has 172 valence electrons. The highest BCUT2D eigenvalue weighted by Crippen LogP contribution is 2.38. The van der Waals surface area contributed by atoms with Gasteiger partial charge in [-0.05, 0) is 50.1 Å². The van der Waals surface area contributed by atoms with Crippen LogP contribution in [0.3, 0.4) is 0 Å². The van der Waals surface area contributed by atoms with Crippen LogP contribution < -0.4 is 29.7 Å². The molecule has 1 aliphatic rings.